The largest absolute Gasteiger partial charge is 0.489 e. The van der Waals surface area contributed by atoms with Gasteiger partial charge in [0.25, 0.3) is 5.91 Å². The number of carbonyl (C=O) groups excluding carboxylic acids is 2. The Balaban J connectivity index is 1.30. The Labute approximate surface area is 188 Å². The van der Waals surface area contributed by atoms with E-state index >= 15 is 0 Å². The van der Waals surface area contributed by atoms with E-state index in [0.29, 0.717) is 40.2 Å². The normalized spacial score (nSPS) is 10.5. The van der Waals surface area contributed by atoms with Gasteiger partial charge in [0.15, 0.2) is 5.13 Å². The van der Waals surface area contributed by atoms with E-state index in [2.05, 4.69) is 20.6 Å². The van der Waals surface area contributed by atoms with E-state index in [4.69, 9.17) is 9.15 Å². The van der Waals surface area contributed by atoms with E-state index in [1.807, 2.05) is 24.3 Å². The number of nitrogens with one attached hydrogen (secondary N) is 2. The minimum Gasteiger partial charge on any atom is -0.489 e. The Morgan fingerprint density at radius 2 is 2.06 bits per heavy atom. The number of furan rings is 1. The van der Waals surface area contributed by atoms with E-state index in [1.54, 1.807) is 42.9 Å². The Morgan fingerprint density at radius 1 is 1.16 bits per heavy atom. The highest BCUT2D eigenvalue weighted by Crippen LogP contribution is 2.21. The van der Waals surface area contributed by atoms with Gasteiger partial charge in [-0.1, -0.05) is 12.1 Å². The third-order valence-corrected chi connectivity index (χ3v) is 5.27. The zero-order valence-corrected chi connectivity index (χ0v) is 18.0. The number of ether oxygens (including phenoxy) is 1. The molecule has 3 aromatic heterocycles. The van der Waals surface area contributed by atoms with Crippen molar-refractivity contribution in [2.45, 2.75) is 20.0 Å². The first kappa shape index (κ1) is 21.3. The zero-order valence-electron chi connectivity index (χ0n) is 17.2. The number of nitrogens with zero attached hydrogens (tertiary/aromatic N) is 2. The molecule has 0 unspecified atom stereocenters. The number of thiazole rings is 1. The van der Waals surface area contributed by atoms with Crippen molar-refractivity contribution in [1.29, 1.82) is 0 Å². The first-order valence-corrected chi connectivity index (χ1v) is 10.7. The lowest BCUT2D eigenvalue weighted by molar-refractivity contribution is -0.115. The number of amides is 2. The predicted molar refractivity (Wildman–Crippen MR) is 121 cm³/mol. The van der Waals surface area contributed by atoms with Crippen LogP contribution in [-0.4, -0.2) is 21.8 Å². The molecule has 32 heavy (non-hydrogen) atoms. The Hall–Kier alpha value is -3.98. The number of anilines is 2. The topological polar surface area (TPSA) is 106 Å². The van der Waals surface area contributed by atoms with Gasteiger partial charge in [0.2, 0.25) is 5.91 Å². The lowest BCUT2D eigenvalue weighted by Gasteiger charge is -2.09. The Bertz CT molecular complexity index is 1220. The van der Waals surface area contributed by atoms with Crippen LogP contribution in [0.1, 0.15) is 27.4 Å². The van der Waals surface area contributed by atoms with Gasteiger partial charge < -0.3 is 14.5 Å². The molecule has 4 rings (SSSR count). The minimum absolute atomic E-state index is 0.0812. The zero-order chi connectivity index (χ0) is 22.3. The molecule has 9 heteroatoms. The van der Waals surface area contributed by atoms with E-state index < -0.39 is 0 Å². The molecule has 0 saturated heterocycles. The molecular formula is C23H20N4O4S. The maximum absolute atomic E-state index is 12.4. The standard InChI is InChI=1S/C23H20N4O4S/c1-15-20(7-9-30-15)22(29)27-23-26-18(14-32-23)11-21(28)25-17-5-2-6-19(10-17)31-13-16-4-3-8-24-12-16/h2-10,12,14H,11,13H2,1H3,(H,25,28)(H,26,27,29). The molecule has 2 N–H and O–H groups in total. The molecule has 2 amide bonds. The van der Waals surface area contributed by atoms with E-state index in [1.165, 1.54) is 17.6 Å². The second-order valence-corrected chi connectivity index (χ2v) is 7.75. The average molecular weight is 449 g/mol. The fourth-order valence-electron chi connectivity index (χ4n) is 2.91. The molecule has 162 valence electrons. The third kappa shape index (κ3) is 5.58. The van der Waals surface area contributed by atoms with E-state index in [9.17, 15) is 9.59 Å². The van der Waals surface area contributed by atoms with Crippen LogP contribution < -0.4 is 15.4 Å². The molecule has 0 saturated carbocycles. The summed E-state index contributed by atoms with van der Waals surface area (Å²) in [6.45, 7) is 2.10. The Morgan fingerprint density at radius 3 is 2.84 bits per heavy atom. The maximum Gasteiger partial charge on any atom is 0.260 e. The summed E-state index contributed by atoms with van der Waals surface area (Å²) in [5, 5.41) is 7.72. The molecule has 8 nitrogen and oxygen atoms in total. The molecule has 0 atom stereocenters. The molecule has 0 radical (unpaired) electrons. The molecule has 0 aliphatic heterocycles. The summed E-state index contributed by atoms with van der Waals surface area (Å²) >= 11 is 1.26. The number of pyridine rings is 1. The molecule has 4 aromatic rings. The lowest BCUT2D eigenvalue weighted by atomic mass is 10.2. The van der Waals surface area contributed by atoms with Crippen LogP contribution in [0.25, 0.3) is 0 Å². The average Bonchev–Trinajstić information content (AvgIpc) is 3.41. The summed E-state index contributed by atoms with van der Waals surface area (Å²) in [6.07, 6.45) is 4.99. The molecule has 3 heterocycles. The number of rotatable bonds is 8. The summed E-state index contributed by atoms with van der Waals surface area (Å²) < 4.78 is 10.9. The highest BCUT2D eigenvalue weighted by molar-refractivity contribution is 7.14. The first-order valence-electron chi connectivity index (χ1n) is 9.78. The van der Waals surface area contributed by atoms with Crippen molar-refractivity contribution < 1.29 is 18.7 Å². The summed E-state index contributed by atoms with van der Waals surface area (Å²) in [7, 11) is 0. The fraction of sp³-hybridized carbons (Fsp3) is 0.130. The summed E-state index contributed by atoms with van der Waals surface area (Å²) in [4.78, 5) is 33.1. The van der Waals surface area contributed by atoms with Crippen LogP contribution in [0, 0.1) is 6.92 Å². The van der Waals surface area contributed by atoms with Crippen molar-refractivity contribution in [2.24, 2.45) is 0 Å². The highest BCUT2D eigenvalue weighted by Gasteiger charge is 2.14. The van der Waals surface area contributed by atoms with Crippen LogP contribution in [0.2, 0.25) is 0 Å². The molecule has 0 aliphatic rings. The van der Waals surface area contributed by atoms with Crippen molar-refractivity contribution in [2.75, 3.05) is 10.6 Å². The summed E-state index contributed by atoms with van der Waals surface area (Å²) in [5.41, 5.74) is 2.59. The molecular weight excluding hydrogens is 428 g/mol. The van der Waals surface area contributed by atoms with Gasteiger partial charge in [0.05, 0.1) is 23.9 Å². The number of hydrogen-bond acceptors (Lipinski definition) is 7. The van der Waals surface area contributed by atoms with Crippen LogP contribution >= 0.6 is 11.3 Å². The first-order chi connectivity index (χ1) is 15.6. The second-order valence-electron chi connectivity index (χ2n) is 6.89. The summed E-state index contributed by atoms with van der Waals surface area (Å²) in [5.74, 6) is 0.651. The lowest BCUT2D eigenvalue weighted by Crippen LogP contribution is -2.15. The van der Waals surface area contributed by atoms with Gasteiger partial charge in [-0.25, -0.2) is 4.98 Å². The smallest absolute Gasteiger partial charge is 0.260 e. The van der Waals surface area contributed by atoms with Gasteiger partial charge in [-0.2, -0.15) is 0 Å². The van der Waals surface area contributed by atoms with Gasteiger partial charge in [-0.05, 0) is 31.2 Å². The molecule has 0 bridgehead atoms. The number of aryl methyl sites for hydroxylation is 1. The van der Waals surface area contributed by atoms with Gasteiger partial charge >= 0.3 is 0 Å². The van der Waals surface area contributed by atoms with Gasteiger partial charge in [-0.3, -0.25) is 19.9 Å². The number of carbonyl (C=O) groups is 2. The number of hydrogen-bond donors (Lipinski definition) is 2. The second kappa shape index (κ2) is 9.88. The monoisotopic (exact) mass is 448 g/mol. The highest BCUT2D eigenvalue weighted by atomic mass is 32.1. The SMILES string of the molecule is Cc1occc1C(=O)Nc1nc(CC(=O)Nc2cccc(OCc3cccnc3)c2)cs1. The van der Waals surface area contributed by atoms with Crippen LogP contribution in [0.3, 0.4) is 0 Å². The van der Waals surface area contributed by atoms with Crippen LogP contribution in [0.4, 0.5) is 10.8 Å². The van der Waals surface area contributed by atoms with E-state index in [0.717, 1.165) is 5.56 Å². The number of aromatic nitrogens is 2. The van der Waals surface area contributed by atoms with Gasteiger partial charge in [0.1, 0.15) is 18.1 Å². The maximum atomic E-state index is 12.4. The molecule has 0 fully saturated rings. The van der Waals surface area contributed by atoms with Crippen LogP contribution in [0.5, 0.6) is 5.75 Å². The third-order valence-electron chi connectivity index (χ3n) is 4.46. The van der Waals surface area contributed by atoms with Gasteiger partial charge in [0, 0.05) is 35.1 Å². The molecule has 1 aromatic carbocycles. The quantitative estimate of drug-likeness (QED) is 0.412. The molecule has 0 aliphatic carbocycles. The minimum atomic E-state index is -0.301. The van der Waals surface area contributed by atoms with Crippen molar-refractivity contribution in [3.05, 3.63) is 89.1 Å². The predicted octanol–water partition coefficient (Wildman–Crippen LogP) is 4.45. The van der Waals surface area contributed by atoms with Crippen molar-refractivity contribution in [3.8, 4) is 5.75 Å². The van der Waals surface area contributed by atoms with Crippen molar-refractivity contribution in [1.82, 2.24) is 9.97 Å². The summed E-state index contributed by atoms with van der Waals surface area (Å²) in [6, 6.07) is 12.6. The number of benzene rings is 1. The van der Waals surface area contributed by atoms with Gasteiger partial charge in [-0.15, -0.1) is 11.3 Å². The molecule has 0 spiro atoms. The van der Waals surface area contributed by atoms with Crippen molar-refractivity contribution >= 4 is 34.0 Å². The fourth-order valence-corrected chi connectivity index (χ4v) is 3.62. The van der Waals surface area contributed by atoms with Crippen molar-refractivity contribution in [3.63, 3.8) is 0 Å². The Kier molecular flexibility index (Phi) is 6.57. The van der Waals surface area contributed by atoms with E-state index in [-0.39, 0.29) is 18.2 Å². The van der Waals surface area contributed by atoms with Crippen LogP contribution in [-0.2, 0) is 17.8 Å². The van der Waals surface area contributed by atoms with Crippen LogP contribution in [0.15, 0.2) is 70.9 Å².